The van der Waals surface area contributed by atoms with Crippen molar-refractivity contribution >= 4 is 50.8 Å². The van der Waals surface area contributed by atoms with Gasteiger partial charge < -0.3 is 14.8 Å². The third-order valence-electron chi connectivity index (χ3n) is 3.43. The van der Waals surface area contributed by atoms with E-state index in [9.17, 15) is 18.0 Å². The zero-order valence-corrected chi connectivity index (χ0v) is 15.9. The largest absolute Gasteiger partial charge is 0.495 e. The van der Waals surface area contributed by atoms with Gasteiger partial charge in [0.25, 0.3) is 5.91 Å². The van der Waals surface area contributed by atoms with E-state index in [1.807, 2.05) is 0 Å². The van der Waals surface area contributed by atoms with Gasteiger partial charge in [-0.25, -0.2) is 8.42 Å². The molecular weight excluding hydrogens is 390 g/mol. The summed E-state index contributed by atoms with van der Waals surface area (Å²) in [7, 11) is -1.49. The Labute approximate surface area is 155 Å². The van der Waals surface area contributed by atoms with Crippen LogP contribution in [-0.2, 0) is 24.2 Å². The molecule has 138 valence electrons. The highest BCUT2D eigenvalue weighted by Gasteiger charge is 2.28. The molecule has 1 aliphatic rings. The van der Waals surface area contributed by atoms with Crippen LogP contribution in [0.4, 0.5) is 5.69 Å². The number of halogens is 1. The van der Waals surface area contributed by atoms with E-state index in [-0.39, 0.29) is 22.5 Å². The number of rotatable bonds is 7. The van der Waals surface area contributed by atoms with Gasteiger partial charge in [-0.15, -0.1) is 11.8 Å². The van der Waals surface area contributed by atoms with Crippen molar-refractivity contribution in [2.24, 2.45) is 0 Å². The molecule has 1 amide bonds. The van der Waals surface area contributed by atoms with E-state index in [0.29, 0.717) is 22.9 Å². The Hall–Kier alpha value is -1.45. The number of carbonyl (C=O) groups is 2. The van der Waals surface area contributed by atoms with Gasteiger partial charge in [0.2, 0.25) is 0 Å². The number of methoxy groups -OCH3 is 1. The van der Waals surface area contributed by atoms with Crippen LogP contribution in [0.3, 0.4) is 0 Å². The normalized spacial score (nSPS) is 18.6. The minimum Gasteiger partial charge on any atom is -0.495 e. The Morgan fingerprint density at radius 3 is 2.76 bits per heavy atom. The fourth-order valence-electron chi connectivity index (χ4n) is 2.21. The van der Waals surface area contributed by atoms with Crippen LogP contribution in [0.25, 0.3) is 0 Å². The predicted molar refractivity (Wildman–Crippen MR) is 97.1 cm³/mol. The van der Waals surface area contributed by atoms with Crippen LogP contribution >= 0.6 is 23.4 Å². The fraction of sp³-hybridized carbons (Fsp3) is 0.467. The predicted octanol–water partition coefficient (Wildman–Crippen LogP) is 1.75. The number of thioether (sulfide) groups is 1. The van der Waals surface area contributed by atoms with Gasteiger partial charge in [0.05, 0.1) is 29.4 Å². The Morgan fingerprint density at radius 1 is 1.40 bits per heavy atom. The van der Waals surface area contributed by atoms with Crippen molar-refractivity contribution in [3.63, 3.8) is 0 Å². The van der Waals surface area contributed by atoms with Crippen molar-refractivity contribution in [2.45, 2.75) is 11.7 Å². The number of carbonyl (C=O) groups excluding carboxylic acids is 2. The van der Waals surface area contributed by atoms with E-state index in [1.165, 1.54) is 24.9 Å². The fourth-order valence-corrected chi connectivity index (χ4v) is 5.90. The molecule has 1 aromatic rings. The molecule has 1 saturated heterocycles. The van der Waals surface area contributed by atoms with Gasteiger partial charge >= 0.3 is 5.97 Å². The van der Waals surface area contributed by atoms with Crippen LogP contribution < -0.4 is 10.1 Å². The van der Waals surface area contributed by atoms with Crippen molar-refractivity contribution in [3.05, 3.63) is 23.2 Å². The molecule has 0 spiro atoms. The van der Waals surface area contributed by atoms with E-state index < -0.39 is 28.3 Å². The highest BCUT2D eigenvalue weighted by atomic mass is 35.5. The lowest BCUT2D eigenvalue weighted by Crippen LogP contribution is -2.22. The lowest BCUT2D eigenvalue weighted by atomic mass is 10.3. The first-order valence-electron chi connectivity index (χ1n) is 7.40. The van der Waals surface area contributed by atoms with E-state index >= 15 is 0 Å². The molecule has 1 aromatic carbocycles. The van der Waals surface area contributed by atoms with Crippen molar-refractivity contribution in [1.82, 2.24) is 0 Å². The molecule has 0 unspecified atom stereocenters. The number of benzene rings is 1. The molecule has 1 atom stereocenters. The molecule has 0 aromatic heterocycles. The molecular formula is C15H18ClNO6S2. The minimum atomic E-state index is -2.97. The number of hydrogen-bond acceptors (Lipinski definition) is 7. The minimum absolute atomic E-state index is 0.0157. The zero-order chi connectivity index (χ0) is 18.4. The van der Waals surface area contributed by atoms with Crippen molar-refractivity contribution in [3.8, 4) is 5.75 Å². The Kier molecular flexibility index (Phi) is 6.97. The highest BCUT2D eigenvalue weighted by Crippen LogP contribution is 2.27. The van der Waals surface area contributed by atoms with Gasteiger partial charge in [-0.05, 0) is 24.6 Å². The quantitative estimate of drug-likeness (QED) is 0.687. The number of anilines is 1. The number of amides is 1. The second-order valence-corrected chi connectivity index (χ2v) is 9.32. The molecule has 1 aliphatic heterocycles. The summed E-state index contributed by atoms with van der Waals surface area (Å²) in [5.74, 6) is -0.310. The Bertz CT molecular complexity index is 752. The van der Waals surface area contributed by atoms with E-state index in [2.05, 4.69) is 5.32 Å². The maximum Gasteiger partial charge on any atom is 0.316 e. The Morgan fingerprint density at radius 2 is 2.16 bits per heavy atom. The topological polar surface area (TPSA) is 98.8 Å². The summed E-state index contributed by atoms with van der Waals surface area (Å²) in [6, 6.07) is 4.74. The second-order valence-electron chi connectivity index (χ2n) is 5.39. The van der Waals surface area contributed by atoms with Crippen molar-refractivity contribution in [1.29, 1.82) is 0 Å². The number of hydrogen-bond donors (Lipinski definition) is 1. The lowest BCUT2D eigenvalue weighted by Gasteiger charge is -2.09. The highest BCUT2D eigenvalue weighted by molar-refractivity contribution is 8.02. The molecule has 1 heterocycles. The van der Waals surface area contributed by atoms with Gasteiger partial charge in [0, 0.05) is 10.9 Å². The van der Waals surface area contributed by atoms with Gasteiger partial charge in [0.1, 0.15) is 5.75 Å². The third kappa shape index (κ3) is 6.41. The summed E-state index contributed by atoms with van der Waals surface area (Å²) >= 11 is 7.20. The monoisotopic (exact) mass is 407 g/mol. The first-order chi connectivity index (χ1) is 11.8. The molecule has 25 heavy (non-hydrogen) atoms. The first-order valence-corrected chi connectivity index (χ1v) is 10.6. The average Bonchev–Trinajstić information content (AvgIpc) is 2.90. The molecule has 7 nitrogen and oxygen atoms in total. The van der Waals surface area contributed by atoms with Gasteiger partial charge in [0.15, 0.2) is 16.4 Å². The SMILES string of the molecule is COc1ccc(NC(=O)COC(=O)CS[C@@H]2CCS(=O)(=O)C2)cc1Cl. The lowest BCUT2D eigenvalue weighted by molar-refractivity contribution is -0.144. The summed E-state index contributed by atoms with van der Waals surface area (Å²) in [5, 5.41) is 2.81. The molecule has 10 heteroatoms. The molecule has 0 radical (unpaired) electrons. The maximum absolute atomic E-state index is 11.8. The van der Waals surface area contributed by atoms with Gasteiger partial charge in [-0.2, -0.15) is 0 Å². The summed E-state index contributed by atoms with van der Waals surface area (Å²) < 4.78 is 32.6. The summed E-state index contributed by atoms with van der Waals surface area (Å²) in [6.07, 6.45) is 0.541. The number of nitrogens with one attached hydrogen (secondary N) is 1. The molecule has 0 bridgehead atoms. The van der Waals surface area contributed by atoms with Crippen LogP contribution in [0.5, 0.6) is 5.75 Å². The second kappa shape index (κ2) is 8.77. The van der Waals surface area contributed by atoms with E-state index in [0.717, 1.165) is 0 Å². The maximum atomic E-state index is 11.8. The van der Waals surface area contributed by atoms with Crippen LogP contribution in [0.15, 0.2) is 18.2 Å². The third-order valence-corrected chi connectivity index (χ3v) is 6.98. The molecule has 0 saturated carbocycles. The number of ether oxygens (including phenoxy) is 2. The molecule has 1 N–H and O–H groups in total. The number of esters is 1. The van der Waals surface area contributed by atoms with Crippen molar-refractivity contribution < 1.29 is 27.5 Å². The van der Waals surface area contributed by atoms with E-state index in [4.69, 9.17) is 21.1 Å². The van der Waals surface area contributed by atoms with Gasteiger partial charge in [-0.3, -0.25) is 9.59 Å². The average molecular weight is 408 g/mol. The summed E-state index contributed by atoms with van der Waals surface area (Å²) in [5.41, 5.74) is 0.456. The van der Waals surface area contributed by atoms with Crippen LogP contribution in [0.2, 0.25) is 5.02 Å². The van der Waals surface area contributed by atoms with E-state index in [1.54, 1.807) is 12.1 Å². The number of sulfone groups is 1. The molecule has 0 aliphatic carbocycles. The first kappa shape index (κ1) is 19.9. The smallest absolute Gasteiger partial charge is 0.316 e. The van der Waals surface area contributed by atoms with Gasteiger partial charge in [-0.1, -0.05) is 11.6 Å². The molecule has 1 fully saturated rings. The summed E-state index contributed by atoms with van der Waals surface area (Å²) in [6.45, 7) is -0.425. The van der Waals surface area contributed by atoms with Crippen LogP contribution in [-0.4, -0.2) is 56.5 Å². The van der Waals surface area contributed by atoms with Crippen molar-refractivity contribution in [2.75, 3.05) is 36.3 Å². The Balaban J connectivity index is 1.70. The molecule has 2 rings (SSSR count). The summed E-state index contributed by atoms with van der Waals surface area (Å²) in [4.78, 5) is 23.4. The van der Waals surface area contributed by atoms with Crippen LogP contribution in [0, 0.1) is 0 Å². The zero-order valence-electron chi connectivity index (χ0n) is 13.5. The standard InChI is InChI=1S/C15H18ClNO6S2/c1-22-13-3-2-10(6-12(13)16)17-14(18)7-23-15(19)8-24-11-4-5-25(20,21)9-11/h2-3,6,11H,4-5,7-9H2,1H3,(H,17,18)/t11-/m1/s1. The van der Waals surface area contributed by atoms with Crippen LogP contribution in [0.1, 0.15) is 6.42 Å².